The third-order valence-corrected chi connectivity index (χ3v) is 9.76. The second-order valence-corrected chi connectivity index (χ2v) is 13.5. The van der Waals surface area contributed by atoms with E-state index in [-0.39, 0.29) is 50.6 Å². The molecule has 1 aromatic heterocycles. The molecule has 264 valence electrons. The largest absolute Gasteiger partial charge is 0.459 e. The van der Waals surface area contributed by atoms with Gasteiger partial charge in [0.25, 0.3) is 0 Å². The second-order valence-electron chi connectivity index (χ2n) is 13.5. The van der Waals surface area contributed by atoms with Gasteiger partial charge in [-0.3, -0.25) is 19.4 Å². The number of hydrogen-bond acceptors (Lipinski definition) is 11. The molecule has 12 nitrogen and oxygen atoms in total. The van der Waals surface area contributed by atoms with E-state index in [9.17, 15) is 19.5 Å². The maximum absolute atomic E-state index is 13.7. The van der Waals surface area contributed by atoms with Crippen LogP contribution in [0.1, 0.15) is 80.8 Å². The molecule has 12 heteroatoms. The first-order valence-electron chi connectivity index (χ1n) is 16.6. The molecular weight excluding hydrogens is 616 g/mol. The maximum atomic E-state index is 13.7. The summed E-state index contributed by atoms with van der Waals surface area (Å²) < 4.78 is 24.6. The highest BCUT2D eigenvalue weighted by molar-refractivity contribution is 6.00. The highest BCUT2D eigenvalue weighted by atomic mass is 16.6. The second kappa shape index (κ2) is 16.7. The number of carbonyl (C=O) groups excluding carboxylic acids is 3. The number of hydrogen-bond donors (Lipinski definition) is 2. The van der Waals surface area contributed by atoms with E-state index in [1.165, 1.54) is 13.8 Å². The molecule has 2 fully saturated rings. The Labute approximate surface area is 284 Å². The Bertz CT molecular complexity index is 1450. The summed E-state index contributed by atoms with van der Waals surface area (Å²) in [5, 5.41) is 12.2. The lowest BCUT2D eigenvalue weighted by Crippen LogP contribution is -2.57. The number of anilines is 1. The van der Waals surface area contributed by atoms with Gasteiger partial charge in [-0.1, -0.05) is 46.6 Å². The van der Waals surface area contributed by atoms with Crippen molar-refractivity contribution in [3.8, 4) is 11.8 Å². The minimum atomic E-state index is -1.75. The zero-order chi connectivity index (χ0) is 35.8. The Morgan fingerprint density at radius 2 is 1.85 bits per heavy atom. The number of Topliss-reactive ketones (excluding diaryl/α,β-unsaturated/α-hetero) is 1. The van der Waals surface area contributed by atoms with Crippen molar-refractivity contribution < 1.29 is 38.4 Å². The number of nitrogens with zero attached hydrogens (tertiary/aromatic N) is 3. The van der Waals surface area contributed by atoms with Crippen molar-refractivity contribution in [1.82, 2.24) is 4.98 Å². The van der Waals surface area contributed by atoms with Crippen LogP contribution in [0.25, 0.3) is 0 Å². The van der Waals surface area contributed by atoms with E-state index in [1.807, 2.05) is 27.7 Å². The van der Waals surface area contributed by atoms with Crippen molar-refractivity contribution in [2.24, 2.45) is 39.6 Å². The molecule has 0 aromatic carbocycles. The van der Waals surface area contributed by atoms with Crippen LogP contribution in [0.4, 0.5) is 5.82 Å². The number of aliphatic hydroxyl groups is 1. The first kappa shape index (κ1) is 38.9. The van der Waals surface area contributed by atoms with E-state index in [1.54, 1.807) is 39.0 Å². The summed E-state index contributed by atoms with van der Waals surface area (Å²) in [5.41, 5.74) is 4.59. The number of nitrogens with two attached hydrogens (primary N) is 1. The molecule has 1 amide bonds. The molecule has 3 N–H and O–H groups in total. The zero-order valence-electron chi connectivity index (χ0n) is 29.7. The number of ketones is 1. The highest BCUT2D eigenvalue weighted by Gasteiger charge is 2.50. The Morgan fingerprint density at radius 1 is 1.15 bits per heavy atom. The fourth-order valence-electron chi connectivity index (χ4n) is 6.68. The summed E-state index contributed by atoms with van der Waals surface area (Å²) in [6.45, 7) is 15.7. The predicted octanol–water partition coefficient (Wildman–Crippen LogP) is 3.82. The van der Waals surface area contributed by atoms with Gasteiger partial charge in [-0.05, 0) is 63.5 Å². The third kappa shape index (κ3) is 9.56. The van der Waals surface area contributed by atoms with Crippen LogP contribution in [-0.4, -0.2) is 89.1 Å². The number of aromatic nitrogens is 1. The summed E-state index contributed by atoms with van der Waals surface area (Å²) in [6.07, 6.45) is -1.38. The SMILES string of the molecule is CC[C@H]1OC(=O)[C@H](C)C(=O)[C@H](C)[C@@H](C)[C@@]2(C)C[C@@H](C)C(=NC(C)=O)[C@H](C)[C@@H](OCC(=NCOCC#Cc3cccc(N)n3)CO2)[C@]1(C)O. The molecule has 0 saturated carbocycles. The molecule has 2 bridgehead atoms. The first-order chi connectivity index (χ1) is 22.5. The quantitative estimate of drug-likeness (QED) is 0.208. The molecule has 2 aliphatic heterocycles. The minimum absolute atomic E-state index is 0.0426. The van der Waals surface area contributed by atoms with Gasteiger partial charge in [0.2, 0.25) is 5.91 Å². The molecule has 0 radical (unpaired) electrons. The number of rotatable bonds is 4. The third-order valence-electron chi connectivity index (χ3n) is 9.76. The van der Waals surface area contributed by atoms with Gasteiger partial charge in [-0.2, -0.15) is 0 Å². The Morgan fingerprint density at radius 3 is 2.50 bits per heavy atom. The van der Waals surface area contributed by atoms with Gasteiger partial charge in [0.15, 0.2) is 0 Å². The lowest BCUT2D eigenvalue weighted by atomic mass is 9.70. The standard InChI is InChI=1S/C36H52N4O8/c1-10-29-36(9,44)33-23(4)31(39-26(7)41)21(2)17-35(8,25(6)22(3)32(42)24(5)34(43)48-29)47-19-28(18-46-33)38-20-45-16-12-14-27-13-11-15-30(37)40-27/h11,13,15,21-25,29,33,44H,10,16-20H2,1-9H3,(H2,37,40)/t21-,22-,23+,24-,25-,29-,33-,35-,36-/m1/s1. The number of esters is 1. The van der Waals surface area contributed by atoms with E-state index < -0.39 is 53.0 Å². The van der Waals surface area contributed by atoms with Crippen molar-refractivity contribution in [2.75, 3.05) is 32.3 Å². The van der Waals surface area contributed by atoms with Crippen LogP contribution in [0.2, 0.25) is 0 Å². The smallest absolute Gasteiger partial charge is 0.316 e. The van der Waals surface area contributed by atoms with E-state index in [0.29, 0.717) is 29.4 Å². The van der Waals surface area contributed by atoms with Gasteiger partial charge >= 0.3 is 5.97 Å². The average molecular weight is 669 g/mol. The number of amides is 1. The van der Waals surface area contributed by atoms with Gasteiger partial charge in [-0.15, -0.1) is 0 Å². The fourth-order valence-corrected chi connectivity index (χ4v) is 6.68. The molecule has 48 heavy (non-hydrogen) atoms. The molecule has 0 aliphatic carbocycles. The molecule has 0 spiro atoms. The number of aliphatic imine (C=N–C) groups is 2. The van der Waals surface area contributed by atoms with Crippen LogP contribution in [0.3, 0.4) is 0 Å². The first-order valence-corrected chi connectivity index (χ1v) is 16.6. The van der Waals surface area contributed by atoms with Crippen LogP contribution in [-0.2, 0) is 33.3 Å². The van der Waals surface area contributed by atoms with Crippen LogP contribution in [0.15, 0.2) is 28.2 Å². The molecule has 9 atom stereocenters. The lowest BCUT2D eigenvalue weighted by Gasteiger charge is -2.44. The predicted molar refractivity (Wildman–Crippen MR) is 182 cm³/mol. The summed E-state index contributed by atoms with van der Waals surface area (Å²) >= 11 is 0. The van der Waals surface area contributed by atoms with E-state index in [0.717, 1.165) is 0 Å². The molecule has 3 heterocycles. The molecular formula is C36H52N4O8. The van der Waals surface area contributed by atoms with E-state index in [2.05, 4.69) is 26.8 Å². The van der Waals surface area contributed by atoms with Crippen LogP contribution < -0.4 is 5.73 Å². The van der Waals surface area contributed by atoms with E-state index >= 15 is 0 Å². The molecule has 2 aliphatic rings. The summed E-state index contributed by atoms with van der Waals surface area (Å²) in [7, 11) is 0. The van der Waals surface area contributed by atoms with Crippen LogP contribution >= 0.6 is 0 Å². The van der Waals surface area contributed by atoms with E-state index in [4.69, 9.17) is 24.7 Å². The Kier molecular flexibility index (Phi) is 13.6. The van der Waals surface area contributed by atoms with Gasteiger partial charge in [0, 0.05) is 24.5 Å². The van der Waals surface area contributed by atoms with Gasteiger partial charge in [0.05, 0.1) is 30.6 Å². The summed E-state index contributed by atoms with van der Waals surface area (Å²) in [6, 6.07) is 5.20. The Hall–Kier alpha value is -3.50. The normalized spacial score (nSPS) is 35.5. The number of ether oxygens (including phenoxy) is 4. The summed E-state index contributed by atoms with van der Waals surface area (Å²) in [4.78, 5) is 52.7. The van der Waals surface area contributed by atoms with Crippen molar-refractivity contribution in [1.29, 1.82) is 0 Å². The molecule has 3 rings (SSSR count). The molecule has 2 saturated heterocycles. The monoisotopic (exact) mass is 668 g/mol. The van der Waals surface area contributed by atoms with Crippen molar-refractivity contribution in [2.45, 2.75) is 98.6 Å². The number of carbonyl (C=O) groups is 3. The Balaban J connectivity index is 2.09. The number of nitrogen functional groups attached to an aromatic ring is 1. The van der Waals surface area contributed by atoms with Gasteiger partial charge in [0.1, 0.15) is 48.3 Å². The van der Waals surface area contributed by atoms with Crippen molar-refractivity contribution in [3.63, 3.8) is 0 Å². The zero-order valence-corrected chi connectivity index (χ0v) is 29.7. The van der Waals surface area contributed by atoms with Gasteiger partial charge < -0.3 is 29.8 Å². The number of pyridine rings is 1. The van der Waals surface area contributed by atoms with Crippen molar-refractivity contribution in [3.05, 3.63) is 23.9 Å². The minimum Gasteiger partial charge on any atom is -0.459 e. The van der Waals surface area contributed by atoms with Crippen LogP contribution in [0.5, 0.6) is 0 Å². The summed E-state index contributed by atoms with van der Waals surface area (Å²) in [5.74, 6) is 1.87. The fraction of sp³-hybridized carbons (Fsp3) is 0.667. The number of cyclic esters (lactones) is 1. The maximum Gasteiger partial charge on any atom is 0.316 e. The lowest BCUT2D eigenvalue weighted by molar-refractivity contribution is -0.192. The highest BCUT2D eigenvalue weighted by Crippen LogP contribution is 2.39. The van der Waals surface area contributed by atoms with Crippen LogP contribution in [0, 0.1) is 41.4 Å². The molecule has 1 aromatic rings. The van der Waals surface area contributed by atoms with Gasteiger partial charge in [-0.25, -0.2) is 9.98 Å². The number of fused-ring (bicyclic) bond motifs is 5. The molecule has 0 unspecified atom stereocenters. The average Bonchev–Trinajstić information content (AvgIpc) is 3.04. The van der Waals surface area contributed by atoms with Crippen molar-refractivity contribution >= 4 is 34.9 Å². The topological polar surface area (TPSA) is 172 Å².